The lowest BCUT2D eigenvalue weighted by Crippen LogP contribution is -2.34. The van der Waals surface area contributed by atoms with Crippen LogP contribution in [0.3, 0.4) is 0 Å². The molecule has 0 spiro atoms. The van der Waals surface area contributed by atoms with Crippen molar-refractivity contribution in [2.24, 2.45) is 0 Å². The van der Waals surface area contributed by atoms with E-state index >= 15 is 0 Å². The van der Waals surface area contributed by atoms with Crippen LogP contribution in [0.25, 0.3) is 0 Å². The second-order valence-corrected chi connectivity index (χ2v) is 9.59. The summed E-state index contributed by atoms with van der Waals surface area (Å²) in [6.07, 6.45) is 0. The molecule has 0 saturated heterocycles. The normalized spacial score (nSPS) is 10.3. The van der Waals surface area contributed by atoms with E-state index in [1.165, 1.54) is 48.5 Å². The maximum Gasteiger partial charge on any atom is 0.344 e. The van der Waals surface area contributed by atoms with E-state index in [4.69, 9.17) is 44.1 Å². The number of hydrogen-bond donors (Lipinski definition) is 4. The molecule has 0 fully saturated rings. The first-order valence-corrected chi connectivity index (χ1v) is 14.1. The van der Waals surface area contributed by atoms with E-state index < -0.39 is 87.1 Å². The largest absolute Gasteiger partial charge is 0.480 e. The highest BCUT2D eigenvalue weighted by Crippen LogP contribution is 2.17. The molecule has 264 valence electrons. The third-order valence-electron chi connectivity index (χ3n) is 5.86. The van der Waals surface area contributed by atoms with Crippen molar-refractivity contribution in [1.29, 1.82) is 0 Å². The van der Waals surface area contributed by atoms with Crippen LogP contribution in [-0.2, 0) is 52.5 Å². The molecular formula is C30H32N2O17. The quantitative estimate of drug-likeness (QED) is 0.0704. The molecule has 19 nitrogen and oxygen atoms in total. The minimum absolute atomic E-state index is 0.0180. The topological polar surface area (TPSA) is 270 Å². The summed E-state index contributed by atoms with van der Waals surface area (Å²) in [6.45, 7) is -4.38. The van der Waals surface area contributed by atoms with E-state index in [1.807, 2.05) is 0 Å². The van der Waals surface area contributed by atoms with Crippen molar-refractivity contribution < 1.29 is 82.5 Å². The second kappa shape index (κ2) is 20.1. The molecule has 0 atom stereocenters. The van der Waals surface area contributed by atoms with Crippen LogP contribution in [0.4, 0.5) is 11.4 Å². The number of benzene rings is 2. The Balaban J connectivity index is 1.60. The summed E-state index contributed by atoms with van der Waals surface area (Å²) in [6, 6.07) is 10.4. The van der Waals surface area contributed by atoms with Crippen LogP contribution in [0.2, 0.25) is 0 Å². The van der Waals surface area contributed by atoms with Crippen LogP contribution in [0.5, 0.6) is 0 Å². The maximum absolute atomic E-state index is 12.2. The Morgan fingerprint density at radius 2 is 0.755 bits per heavy atom. The van der Waals surface area contributed by atoms with Crippen LogP contribution in [0.1, 0.15) is 20.7 Å². The summed E-state index contributed by atoms with van der Waals surface area (Å²) in [4.78, 5) is 94.1. The van der Waals surface area contributed by atoms with Crippen molar-refractivity contribution >= 4 is 59.1 Å². The third kappa shape index (κ3) is 15.3. The van der Waals surface area contributed by atoms with E-state index in [0.29, 0.717) is 0 Å². The van der Waals surface area contributed by atoms with Gasteiger partial charge in [-0.3, -0.25) is 19.2 Å². The average Bonchev–Trinajstić information content (AvgIpc) is 3.04. The summed E-state index contributed by atoms with van der Waals surface area (Å²) in [5.41, 5.74) is 0.516. The molecule has 0 aliphatic heterocycles. The summed E-state index contributed by atoms with van der Waals surface area (Å²) in [5.74, 6) is -8.53. The van der Waals surface area contributed by atoms with Crippen molar-refractivity contribution in [3.8, 4) is 0 Å². The third-order valence-corrected chi connectivity index (χ3v) is 5.86. The molecule has 4 N–H and O–H groups in total. The zero-order valence-corrected chi connectivity index (χ0v) is 25.7. The molecule has 2 aromatic carbocycles. The predicted octanol–water partition coefficient (Wildman–Crippen LogP) is -0.245. The van der Waals surface area contributed by atoms with Gasteiger partial charge in [-0.25, -0.2) is 19.2 Å². The lowest BCUT2D eigenvalue weighted by atomic mass is 10.2. The smallest absolute Gasteiger partial charge is 0.344 e. The molecule has 0 bridgehead atoms. The molecule has 0 saturated carbocycles. The number of aliphatic carboxylic acids is 4. The van der Waals surface area contributed by atoms with Crippen LogP contribution in [0, 0.1) is 0 Å². The fraction of sp³-hybridized carbons (Fsp3) is 0.333. The van der Waals surface area contributed by atoms with Crippen LogP contribution < -0.4 is 9.80 Å². The first-order valence-electron chi connectivity index (χ1n) is 14.1. The van der Waals surface area contributed by atoms with E-state index in [2.05, 4.69) is 0 Å². The Morgan fingerprint density at radius 1 is 0.449 bits per heavy atom. The van der Waals surface area contributed by atoms with Crippen LogP contribution in [0.15, 0.2) is 48.5 Å². The van der Waals surface area contributed by atoms with Crippen LogP contribution in [-0.4, -0.2) is 134 Å². The number of anilines is 2. The first-order chi connectivity index (χ1) is 23.2. The molecular weight excluding hydrogens is 660 g/mol. The number of carbonyl (C=O) groups is 8. The van der Waals surface area contributed by atoms with Gasteiger partial charge in [-0.1, -0.05) is 0 Å². The van der Waals surface area contributed by atoms with Gasteiger partial charge in [-0.15, -0.1) is 0 Å². The highest BCUT2D eigenvalue weighted by atomic mass is 16.6. The summed E-state index contributed by atoms with van der Waals surface area (Å²) >= 11 is 0. The summed E-state index contributed by atoms with van der Waals surface area (Å²) < 4.78 is 24.6. The second-order valence-electron chi connectivity index (χ2n) is 9.59. The Bertz CT molecular complexity index is 1350. The van der Waals surface area contributed by atoms with Crippen molar-refractivity contribution in [1.82, 2.24) is 0 Å². The average molecular weight is 693 g/mol. The molecule has 0 heterocycles. The zero-order chi connectivity index (χ0) is 36.3. The van der Waals surface area contributed by atoms with Crippen molar-refractivity contribution in [3.63, 3.8) is 0 Å². The fourth-order valence-corrected chi connectivity index (χ4v) is 3.78. The molecule has 0 aromatic heterocycles. The number of rotatable bonds is 22. The van der Waals surface area contributed by atoms with Gasteiger partial charge in [-0.05, 0) is 48.5 Å². The molecule has 2 rings (SSSR count). The number of carboxylic acids is 4. The number of esters is 4. The predicted molar refractivity (Wildman–Crippen MR) is 161 cm³/mol. The standard InChI is InChI=1S/C30H32N2O17/c33-23(34)13-31(14-24(35)36)21-5-1-19(2-6-21)29(43)48-17-27(41)46-11-9-45-10-12-47-28(42)18-49-30(44)20-3-7-22(8-4-20)32(15-25(37)38)16-26(39)40/h1-8H,9-18H2,(H,33,34)(H,35,36)(H,37,38)(H,39,40). The Kier molecular flexibility index (Phi) is 16.0. The van der Waals surface area contributed by atoms with E-state index in [0.717, 1.165) is 9.80 Å². The highest BCUT2D eigenvalue weighted by Gasteiger charge is 2.18. The van der Waals surface area contributed by atoms with E-state index in [9.17, 15) is 38.4 Å². The molecule has 19 heteroatoms. The maximum atomic E-state index is 12.2. The highest BCUT2D eigenvalue weighted by molar-refractivity contribution is 5.92. The van der Waals surface area contributed by atoms with Gasteiger partial charge in [0.2, 0.25) is 0 Å². The molecule has 0 aliphatic rings. The van der Waals surface area contributed by atoms with Gasteiger partial charge in [0.15, 0.2) is 13.2 Å². The van der Waals surface area contributed by atoms with Gasteiger partial charge in [-0.2, -0.15) is 0 Å². The molecule has 0 unspecified atom stereocenters. The Morgan fingerprint density at radius 3 is 1.04 bits per heavy atom. The minimum atomic E-state index is -1.25. The summed E-state index contributed by atoms with van der Waals surface area (Å²) in [5, 5.41) is 35.8. The molecule has 2 aromatic rings. The van der Waals surface area contributed by atoms with Gasteiger partial charge in [0, 0.05) is 11.4 Å². The van der Waals surface area contributed by atoms with E-state index in [1.54, 1.807) is 0 Å². The molecule has 49 heavy (non-hydrogen) atoms. The van der Waals surface area contributed by atoms with Gasteiger partial charge >= 0.3 is 47.8 Å². The lowest BCUT2D eigenvalue weighted by Gasteiger charge is -2.20. The van der Waals surface area contributed by atoms with Crippen LogP contribution >= 0.6 is 0 Å². The van der Waals surface area contributed by atoms with Gasteiger partial charge in [0.05, 0.1) is 24.3 Å². The number of ether oxygens (including phenoxy) is 5. The number of carbonyl (C=O) groups excluding carboxylic acids is 4. The van der Waals surface area contributed by atoms with Crippen molar-refractivity contribution in [3.05, 3.63) is 59.7 Å². The number of nitrogens with zero attached hydrogens (tertiary/aromatic N) is 2. The van der Waals surface area contributed by atoms with Crippen molar-refractivity contribution in [2.45, 2.75) is 0 Å². The Labute approximate surface area is 277 Å². The molecule has 0 radical (unpaired) electrons. The minimum Gasteiger partial charge on any atom is -0.480 e. The monoisotopic (exact) mass is 692 g/mol. The van der Waals surface area contributed by atoms with Gasteiger partial charge in [0.1, 0.15) is 39.4 Å². The van der Waals surface area contributed by atoms with E-state index in [-0.39, 0.29) is 48.9 Å². The number of hydrogen-bond acceptors (Lipinski definition) is 15. The lowest BCUT2D eigenvalue weighted by molar-refractivity contribution is -0.150. The van der Waals surface area contributed by atoms with Gasteiger partial charge in [0.25, 0.3) is 0 Å². The number of carboxylic acid groups (broad SMARTS) is 4. The summed E-state index contributed by atoms with van der Waals surface area (Å²) in [7, 11) is 0. The fourth-order valence-electron chi connectivity index (χ4n) is 3.78. The zero-order valence-electron chi connectivity index (χ0n) is 25.7. The molecule has 0 aliphatic carbocycles. The first kappa shape index (κ1) is 38.9. The molecule has 0 amide bonds. The SMILES string of the molecule is O=C(O)CN(CC(=O)O)c1ccc(C(=O)OCC(=O)OCCOCCOC(=O)COC(=O)c2ccc(N(CC(=O)O)CC(=O)O)cc2)cc1. The Hall–Kier alpha value is -6.24. The van der Waals surface area contributed by atoms with Gasteiger partial charge < -0.3 is 53.9 Å². The van der Waals surface area contributed by atoms with Crippen molar-refractivity contribution in [2.75, 3.05) is 75.6 Å².